The van der Waals surface area contributed by atoms with Gasteiger partial charge in [0.25, 0.3) is 0 Å². The zero-order valence-corrected chi connectivity index (χ0v) is 14.9. The van der Waals surface area contributed by atoms with Crippen molar-refractivity contribution in [3.63, 3.8) is 0 Å². The molecule has 3 rings (SSSR count). The summed E-state index contributed by atoms with van der Waals surface area (Å²) in [6, 6.07) is 0. The van der Waals surface area contributed by atoms with Crippen molar-refractivity contribution in [2.24, 2.45) is 17.8 Å². The van der Waals surface area contributed by atoms with Gasteiger partial charge in [0.2, 0.25) is 6.29 Å². The van der Waals surface area contributed by atoms with Crippen molar-refractivity contribution < 1.29 is 49.0 Å². The molecular weight excluding hydrogens is 364 g/mol. The average Bonchev–Trinajstić information content (AvgIpc) is 2.96. The van der Waals surface area contributed by atoms with Gasteiger partial charge in [0, 0.05) is 24.2 Å². The van der Waals surface area contributed by atoms with Gasteiger partial charge >= 0.3 is 5.97 Å². The van der Waals surface area contributed by atoms with Crippen LogP contribution in [0.5, 0.6) is 0 Å². The molecule has 0 spiro atoms. The van der Waals surface area contributed by atoms with E-state index in [4.69, 9.17) is 18.9 Å². The number of hydrogen-bond donors (Lipinski definition) is 4. The Labute approximate surface area is 155 Å². The van der Waals surface area contributed by atoms with Crippen LogP contribution in [0.15, 0.2) is 11.8 Å². The smallest absolute Gasteiger partial charge is 0.337 e. The Balaban J connectivity index is 1.81. The molecule has 2 heterocycles. The number of rotatable bonds is 4. The lowest BCUT2D eigenvalue weighted by Gasteiger charge is -2.42. The van der Waals surface area contributed by atoms with Crippen LogP contribution in [-0.2, 0) is 28.5 Å². The summed E-state index contributed by atoms with van der Waals surface area (Å²) in [5.41, 5.74) is 0.230. The van der Waals surface area contributed by atoms with Gasteiger partial charge in [-0.05, 0) is 0 Å². The Bertz CT molecular complexity index is 617. The highest BCUT2D eigenvalue weighted by atomic mass is 16.8. The predicted octanol–water partition coefficient (Wildman–Crippen LogP) is -1.94. The lowest BCUT2D eigenvalue weighted by atomic mass is 9.83. The number of aliphatic hydroxyl groups is 4. The minimum absolute atomic E-state index is 0.0623. The van der Waals surface area contributed by atoms with Gasteiger partial charge < -0.3 is 39.4 Å². The second-order valence-corrected chi connectivity index (χ2v) is 7.05. The third-order valence-corrected chi connectivity index (χ3v) is 5.55. The zero-order valence-electron chi connectivity index (χ0n) is 14.9. The molecule has 152 valence electrons. The summed E-state index contributed by atoms with van der Waals surface area (Å²) in [6.07, 6.45) is -6.96. The Morgan fingerprint density at radius 2 is 1.93 bits per heavy atom. The number of carbonyl (C=O) groups is 2. The molecule has 10 nitrogen and oxygen atoms in total. The fourth-order valence-corrected chi connectivity index (χ4v) is 3.92. The molecular formula is C17H24O10. The molecule has 0 aromatic carbocycles. The number of aliphatic hydroxyl groups excluding tert-OH is 4. The van der Waals surface area contributed by atoms with Crippen molar-refractivity contribution in [3.05, 3.63) is 11.8 Å². The number of methoxy groups -OCH3 is 1. The molecule has 0 amide bonds. The van der Waals surface area contributed by atoms with E-state index in [9.17, 15) is 30.0 Å². The maximum Gasteiger partial charge on any atom is 0.337 e. The second kappa shape index (κ2) is 7.82. The molecule has 2 fully saturated rings. The number of esters is 1. The van der Waals surface area contributed by atoms with Crippen molar-refractivity contribution in [2.75, 3.05) is 13.7 Å². The van der Waals surface area contributed by atoms with E-state index < -0.39 is 67.3 Å². The Hall–Kier alpha value is -1.56. The largest absolute Gasteiger partial charge is 0.472 e. The maximum atomic E-state index is 12.2. The summed E-state index contributed by atoms with van der Waals surface area (Å²) in [5.74, 6) is -2.13. The van der Waals surface area contributed by atoms with Crippen LogP contribution in [0.25, 0.3) is 0 Å². The molecule has 10 heteroatoms. The summed E-state index contributed by atoms with van der Waals surface area (Å²) < 4.78 is 21.2. The molecule has 0 aromatic heterocycles. The van der Waals surface area contributed by atoms with Gasteiger partial charge in [0.15, 0.2) is 6.29 Å². The Morgan fingerprint density at radius 1 is 1.22 bits per heavy atom. The number of carbonyl (C=O) groups excluding carboxylic acids is 2. The number of Topliss-reactive ketones (excluding diaryl/α,β-unsaturated/α-hetero) is 1. The third kappa shape index (κ3) is 3.48. The Kier molecular flexibility index (Phi) is 5.84. The summed E-state index contributed by atoms with van der Waals surface area (Å²) in [6.45, 7) is 1.10. The molecule has 9 atom stereocenters. The second-order valence-electron chi connectivity index (χ2n) is 7.05. The van der Waals surface area contributed by atoms with Crippen LogP contribution in [0.3, 0.4) is 0 Å². The lowest BCUT2D eigenvalue weighted by Crippen LogP contribution is -2.60. The monoisotopic (exact) mass is 388 g/mol. The van der Waals surface area contributed by atoms with Gasteiger partial charge in [-0.25, -0.2) is 4.79 Å². The van der Waals surface area contributed by atoms with Gasteiger partial charge in [-0.3, -0.25) is 4.79 Å². The zero-order chi connectivity index (χ0) is 19.9. The quantitative estimate of drug-likeness (QED) is 0.400. The van der Waals surface area contributed by atoms with Gasteiger partial charge in [0.1, 0.15) is 30.2 Å². The van der Waals surface area contributed by atoms with Crippen LogP contribution in [0.1, 0.15) is 13.3 Å². The van der Waals surface area contributed by atoms with E-state index in [0.717, 1.165) is 0 Å². The minimum Gasteiger partial charge on any atom is -0.472 e. The summed E-state index contributed by atoms with van der Waals surface area (Å²) in [7, 11) is 1.23. The molecule has 27 heavy (non-hydrogen) atoms. The lowest BCUT2D eigenvalue weighted by molar-refractivity contribution is -0.342. The first kappa shape index (κ1) is 20.2. The van der Waals surface area contributed by atoms with E-state index in [-0.39, 0.29) is 17.8 Å². The van der Waals surface area contributed by atoms with Crippen molar-refractivity contribution >= 4 is 11.8 Å². The van der Waals surface area contributed by atoms with Crippen LogP contribution in [0.2, 0.25) is 0 Å². The standard InChI is InChI=1S/C17H24O10/c1-6-9(19)3-7-8(15(23)24-2)5-25-16(11(6)7)27-17-14(22)13(21)12(20)10(4-18)26-17/h5-7,10-14,16-18,20-22H,3-4H2,1-2H3/t6-,7-,10+,11+,12+,13-,14+,16+,17-/m0/s1. The first-order chi connectivity index (χ1) is 12.8. The average molecular weight is 388 g/mol. The van der Waals surface area contributed by atoms with Crippen molar-refractivity contribution in [1.82, 2.24) is 0 Å². The van der Waals surface area contributed by atoms with E-state index in [1.165, 1.54) is 13.4 Å². The van der Waals surface area contributed by atoms with E-state index in [0.29, 0.717) is 0 Å². The van der Waals surface area contributed by atoms with E-state index in [2.05, 4.69) is 0 Å². The molecule has 0 unspecified atom stereocenters. The van der Waals surface area contributed by atoms with Crippen molar-refractivity contribution in [2.45, 2.75) is 50.3 Å². The van der Waals surface area contributed by atoms with Crippen LogP contribution < -0.4 is 0 Å². The van der Waals surface area contributed by atoms with E-state index in [1.54, 1.807) is 6.92 Å². The van der Waals surface area contributed by atoms with Crippen LogP contribution >= 0.6 is 0 Å². The fourth-order valence-electron chi connectivity index (χ4n) is 3.92. The number of fused-ring (bicyclic) bond motifs is 1. The number of hydrogen-bond acceptors (Lipinski definition) is 10. The van der Waals surface area contributed by atoms with Gasteiger partial charge in [-0.1, -0.05) is 6.92 Å². The molecule has 0 bridgehead atoms. The topological polar surface area (TPSA) is 152 Å². The summed E-state index contributed by atoms with van der Waals surface area (Å²) in [5, 5.41) is 39.1. The van der Waals surface area contributed by atoms with Crippen molar-refractivity contribution in [3.8, 4) is 0 Å². The molecule has 1 saturated carbocycles. The highest BCUT2D eigenvalue weighted by Gasteiger charge is 2.53. The first-order valence-electron chi connectivity index (χ1n) is 8.72. The fraction of sp³-hybridized carbons (Fsp3) is 0.765. The van der Waals surface area contributed by atoms with Crippen LogP contribution in [0.4, 0.5) is 0 Å². The number of ketones is 1. The summed E-state index contributed by atoms with van der Waals surface area (Å²) in [4.78, 5) is 24.2. The van der Waals surface area contributed by atoms with Crippen LogP contribution in [-0.4, -0.2) is 82.9 Å². The molecule has 3 aliphatic rings. The minimum atomic E-state index is -1.59. The van der Waals surface area contributed by atoms with Gasteiger partial charge in [-0.15, -0.1) is 0 Å². The summed E-state index contributed by atoms with van der Waals surface area (Å²) >= 11 is 0. The number of ether oxygens (including phenoxy) is 4. The van der Waals surface area contributed by atoms with E-state index >= 15 is 0 Å². The molecule has 2 aliphatic heterocycles. The van der Waals surface area contributed by atoms with E-state index in [1.807, 2.05) is 0 Å². The molecule has 1 aliphatic carbocycles. The molecule has 0 aromatic rings. The van der Waals surface area contributed by atoms with Gasteiger partial charge in [0.05, 0.1) is 25.6 Å². The SMILES string of the molecule is COC(=O)C1=CO[C@H](O[C@@H]2O[C@H](CO)[C@@H](O)[C@H](O)[C@H]2O)[C@@H]2[C@@H](C)C(=O)C[C@@H]12. The molecule has 4 N–H and O–H groups in total. The Morgan fingerprint density at radius 3 is 2.56 bits per heavy atom. The molecule has 1 saturated heterocycles. The predicted molar refractivity (Wildman–Crippen MR) is 85.6 cm³/mol. The highest BCUT2D eigenvalue weighted by Crippen LogP contribution is 2.45. The van der Waals surface area contributed by atoms with Gasteiger partial charge in [-0.2, -0.15) is 0 Å². The first-order valence-corrected chi connectivity index (χ1v) is 8.72. The normalized spacial score (nSPS) is 44.3. The highest BCUT2D eigenvalue weighted by molar-refractivity contribution is 5.92. The molecule has 0 radical (unpaired) electrons. The maximum absolute atomic E-state index is 12.2. The third-order valence-electron chi connectivity index (χ3n) is 5.55. The van der Waals surface area contributed by atoms with Crippen molar-refractivity contribution in [1.29, 1.82) is 0 Å². The van der Waals surface area contributed by atoms with Crippen LogP contribution in [0, 0.1) is 17.8 Å².